The van der Waals surface area contributed by atoms with Gasteiger partial charge in [0.25, 0.3) is 5.91 Å². The minimum atomic E-state index is -0.000229. The van der Waals surface area contributed by atoms with Crippen LogP contribution in [-0.4, -0.2) is 26.0 Å². The van der Waals surface area contributed by atoms with Crippen LogP contribution in [0, 0.1) is 5.92 Å². The van der Waals surface area contributed by atoms with Crippen LogP contribution in [0.1, 0.15) is 17.3 Å². The summed E-state index contributed by atoms with van der Waals surface area (Å²) in [4.78, 5) is 12.2. The van der Waals surface area contributed by atoms with Crippen LogP contribution in [0.25, 0.3) is 10.8 Å². The molecular weight excluding hydrogens is 236 g/mol. The summed E-state index contributed by atoms with van der Waals surface area (Å²) in [5.74, 6) is 0.420. The van der Waals surface area contributed by atoms with Gasteiger partial charge in [-0.25, -0.2) is 0 Å². The second kappa shape index (κ2) is 6.34. The minimum Gasteiger partial charge on any atom is -0.352 e. The summed E-state index contributed by atoms with van der Waals surface area (Å²) in [6, 6.07) is 13.8. The van der Waals surface area contributed by atoms with E-state index in [4.69, 9.17) is 0 Å². The quantitative estimate of drug-likeness (QED) is 0.862. The molecule has 1 amide bonds. The van der Waals surface area contributed by atoms with E-state index in [1.165, 1.54) is 0 Å². The van der Waals surface area contributed by atoms with E-state index in [-0.39, 0.29) is 5.91 Å². The molecule has 2 N–H and O–H groups in total. The highest BCUT2D eigenvalue weighted by Gasteiger charge is 2.10. The Hall–Kier alpha value is -1.87. The van der Waals surface area contributed by atoms with Crippen LogP contribution in [-0.2, 0) is 0 Å². The van der Waals surface area contributed by atoms with Gasteiger partial charge in [-0.15, -0.1) is 0 Å². The molecule has 0 radical (unpaired) electrons. The first-order valence-corrected chi connectivity index (χ1v) is 6.63. The van der Waals surface area contributed by atoms with E-state index in [0.717, 1.165) is 22.9 Å². The predicted octanol–water partition coefficient (Wildman–Crippen LogP) is 2.43. The molecule has 0 saturated carbocycles. The van der Waals surface area contributed by atoms with Crippen molar-refractivity contribution in [2.24, 2.45) is 5.92 Å². The average molecular weight is 256 g/mol. The summed E-state index contributed by atoms with van der Waals surface area (Å²) in [6.07, 6.45) is 0. The Morgan fingerprint density at radius 3 is 2.63 bits per heavy atom. The van der Waals surface area contributed by atoms with Gasteiger partial charge in [-0.2, -0.15) is 0 Å². The van der Waals surface area contributed by atoms with Gasteiger partial charge in [0.05, 0.1) is 0 Å². The summed E-state index contributed by atoms with van der Waals surface area (Å²) in [5, 5.41) is 8.21. The Kier molecular flexibility index (Phi) is 4.53. The third kappa shape index (κ3) is 3.32. The fraction of sp³-hybridized carbons (Fsp3) is 0.312. The lowest BCUT2D eigenvalue weighted by atomic mass is 10.0. The number of rotatable bonds is 5. The van der Waals surface area contributed by atoms with Gasteiger partial charge in [0.1, 0.15) is 0 Å². The van der Waals surface area contributed by atoms with Crippen molar-refractivity contribution >= 4 is 16.7 Å². The Balaban J connectivity index is 2.13. The highest BCUT2D eigenvalue weighted by molar-refractivity contribution is 6.06. The van der Waals surface area contributed by atoms with Gasteiger partial charge in [-0.1, -0.05) is 43.3 Å². The number of fused-ring (bicyclic) bond motifs is 1. The van der Waals surface area contributed by atoms with Crippen molar-refractivity contribution in [2.75, 3.05) is 20.1 Å². The topological polar surface area (TPSA) is 41.1 Å². The molecule has 0 aliphatic carbocycles. The summed E-state index contributed by atoms with van der Waals surface area (Å²) >= 11 is 0. The monoisotopic (exact) mass is 256 g/mol. The van der Waals surface area contributed by atoms with Crippen molar-refractivity contribution in [1.82, 2.24) is 10.6 Å². The van der Waals surface area contributed by atoms with Crippen LogP contribution in [0.5, 0.6) is 0 Å². The number of hydrogen-bond donors (Lipinski definition) is 2. The molecule has 0 fully saturated rings. The zero-order valence-corrected chi connectivity index (χ0v) is 11.4. The Morgan fingerprint density at radius 1 is 1.11 bits per heavy atom. The zero-order chi connectivity index (χ0) is 13.7. The molecule has 100 valence electrons. The highest BCUT2D eigenvalue weighted by atomic mass is 16.1. The molecule has 1 unspecified atom stereocenters. The molecule has 3 heteroatoms. The maximum Gasteiger partial charge on any atom is 0.251 e. The fourth-order valence-corrected chi connectivity index (χ4v) is 2.21. The first kappa shape index (κ1) is 13.6. The summed E-state index contributed by atoms with van der Waals surface area (Å²) in [6.45, 7) is 3.69. The number of hydrogen-bond acceptors (Lipinski definition) is 2. The van der Waals surface area contributed by atoms with E-state index in [9.17, 15) is 4.79 Å². The molecule has 19 heavy (non-hydrogen) atoms. The van der Waals surface area contributed by atoms with Crippen LogP contribution >= 0.6 is 0 Å². The lowest BCUT2D eigenvalue weighted by Gasteiger charge is -2.13. The standard InChI is InChI=1S/C16H20N2O/c1-12(10-17-2)11-18-16(19)15-9-5-7-13-6-3-4-8-14(13)15/h3-9,12,17H,10-11H2,1-2H3,(H,18,19). The van der Waals surface area contributed by atoms with Crippen molar-refractivity contribution in [2.45, 2.75) is 6.92 Å². The van der Waals surface area contributed by atoms with Crippen LogP contribution in [0.15, 0.2) is 42.5 Å². The number of carbonyl (C=O) groups is 1. The molecule has 0 aromatic heterocycles. The van der Waals surface area contributed by atoms with Gasteiger partial charge in [-0.3, -0.25) is 4.79 Å². The van der Waals surface area contributed by atoms with Crippen LogP contribution in [0.2, 0.25) is 0 Å². The van der Waals surface area contributed by atoms with Gasteiger partial charge in [-0.05, 0) is 36.3 Å². The normalized spacial score (nSPS) is 12.3. The maximum atomic E-state index is 12.2. The van der Waals surface area contributed by atoms with E-state index >= 15 is 0 Å². The highest BCUT2D eigenvalue weighted by Crippen LogP contribution is 2.18. The first-order valence-electron chi connectivity index (χ1n) is 6.63. The lowest BCUT2D eigenvalue weighted by molar-refractivity contribution is 0.0950. The van der Waals surface area contributed by atoms with Crippen LogP contribution < -0.4 is 10.6 Å². The van der Waals surface area contributed by atoms with E-state index < -0.39 is 0 Å². The Labute approximate surface area is 114 Å². The molecule has 0 bridgehead atoms. The van der Waals surface area contributed by atoms with E-state index in [1.807, 2.05) is 49.5 Å². The molecule has 2 aromatic carbocycles. The van der Waals surface area contributed by atoms with Gasteiger partial charge in [0.15, 0.2) is 0 Å². The Morgan fingerprint density at radius 2 is 1.84 bits per heavy atom. The van der Waals surface area contributed by atoms with Gasteiger partial charge >= 0.3 is 0 Å². The number of carbonyl (C=O) groups excluding carboxylic acids is 1. The molecule has 2 rings (SSSR count). The molecular formula is C16H20N2O. The van der Waals surface area contributed by atoms with Crippen LogP contribution in [0.4, 0.5) is 0 Å². The van der Waals surface area contributed by atoms with Crippen molar-refractivity contribution in [1.29, 1.82) is 0 Å². The first-order chi connectivity index (χ1) is 9.22. The molecule has 2 aromatic rings. The van der Waals surface area contributed by atoms with Gasteiger partial charge < -0.3 is 10.6 Å². The molecule has 0 aliphatic rings. The SMILES string of the molecule is CNCC(C)CNC(=O)c1cccc2ccccc12. The number of nitrogens with one attached hydrogen (secondary N) is 2. The van der Waals surface area contributed by atoms with Gasteiger partial charge in [0, 0.05) is 12.1 Å². The maximum absolute atomic E-state index is 12.2. The van der Waals surface area contributed by atoms with Gasteiger partial charge in [0.2, 0.25) is 0 Å². The van der Waals surface area contributed by atoms with E-state index in [0.29, 0.717) is 12.5 Å². The van der Waals surface area contributed by atoms with E-state index in [2.05, 4.69) is 17.6 Å². The molecule has 0 heterocycles. The van der Waals surface area contributed by atoms with Crippen molar-refractivity contribution in [3.8, 4) is 0 Å². The molecule has 3 nitrogen and oxygen atoms in total. The summed E-state index contributed by atoms with van der Waals surface area (Å²) in [7, 11) is 1.92. The van der Waals surface area contributed by atoms with Crippen LogP contribution in [0.3, 0.4) is 0 Å². The van der Waals surface area contributed by atoms with E-state index in [1.54, 1.807) is 0 Å². The fourth-order valence-electron chi connectivity index (χ4n) is 2.21. The van der Waals surface area contributed by atoms with Crippen molar-refractivity contribution < 1.29 is 4.79 Å². The molecule has 0 aliphatic heterocycles. The zero-order valence-electron chi connectivity index (χ0n) is 11.4. The largest absolute Gasteiger partial charge is 0.352 e. The predicted molar refractivity (Wildman–Crippen MR) is 79.4 cm³/mol. The smallest absolute Gasteiger partial charge is 0.251 e. The Bertz CT molecular complexity index is 560. The second-order valence-electron chi connectivity index (χ2n) is 4.90. The van der Waals surface area contributed by atoms with Crippen molar-refractivity contribution in [3.05, 3.63) is 48.0 Å². The summed E-state index contributed by atoms with van der Waals surface area (Å²) < 4.78 is 0. The average Bonchev–Trinajstić information content (AvgIpc) is 2.44. The molecule has 0 saturated heterocycles. The number of benzene rings is 2. The second-order valence-corrected chi connectivity index (χ2v) is 4.90. The third-order valence-electron chi connectivity index (χ3n) is 3.20. The molecule has 1 atom stereocenters. The number of amides is 1. The molecule has 0 spiro atoms. The minimum absolute atomic E-state index is 0.000229. The van der Waals surface area contributed by atoms with Crippen molar-refractivity contribution in [3.63, 3.8) is 0 Å². The third-order valence-corrected chi connectivity index (χ3v) is 3.20. The summed E-state index contributed by atoms with van der Waals surface area (Å²) in [5.41, 5.74) is 0.745. The lowest BCUT2D eigenvalue weighted by Crippen LogP contribution is -2.32.